The molecule has 6 amide bonds. The minimum absolute atomic E-state index is 0. The Hall–Kier alpha value is -5.44. The summed E-state index contributed by atoms with van der Waals surface area (Å²) >= 11 is 0. The van der Waals surface area contributed by atoms with E-state index in [0.717, 1.165) is 24.0 Å². The molecule has 2 aliphatic heterocycles. The van der Waals surface area contributed by atoms with Crippen LogP contribution in [0.4, 0.5) is 0 Å². The van der Waals surface area contributed by atoms with Gasteiger partial charge in [0, 0.05) is 81.9 Å². The van der Waals surface area contributed by atoms with Gasteiger partial charge in [0.15, 0.2) is 0 Å². The third-order valence-corrected chi connectivity index (χ3v) is 14.8. The van der Waals surface area contributed by atoms with E-state index in [1.165, 1.54) is 0 Å². The molecule has 4 rings (SSSR count). The van der Waals surface area contributed by atoms with Crippen LogP contribution in [0, 0.1) is 28.6 Å². The quantitative estimate of drug-likeness (QED) is 0.0917. The van der Waals surface area contributed by atoms with Crippen LogP contribution in [0.15, 0.2) is 60.7 Å². The second-order valence-corrected chi connectivity index (χ2v) is 22.6. The van der Waals surface area contributed by atoms with Crippen LogP contribution < -0.4 is 16.0 Å². The first-order chi connectivity index (χ1) is 33.9. The molecule has 73 heavy (non-hydrogen) atoms. The summed E-state index contributed by atoms with van der Waals surface area (Å²) in [7, 11) is 1.72. The van der Waals surface area contributed by atoms with Crippen molar-refractivity contribution in [2.45, 2.75) is 172 Å². The van der Waals surface area contributed by atoms with Gasteiger partial charge in [-0.25, -0.2) is 0 Å². The second kappa shape index (κ2) is 28.3. The van der Waals surface area contributed by atoms with Crippen LogP contribution in [0.25, 0.3) is 0 Å². The largest absolute Gasteiger partial charge is 0.344 e. The molecule has 2 fully saturated rings. The van der Waals surface area contributed by atoms with Crippen molar-refractivity contribution in [3.05, 3.63) is 71.8 Å². The van der Waals surface area contributed by atoms with Crippen molar-refractivity contribution >= 4 is 47.0 Å². The third kappa shape index (κ3) is 17.9. The minimum Gasteiger partial charge on any atom is -0.344 e. The average Bonchev–Trinajstić information content (AvgIpc) is 4.03. The average molecular weight is 1010 g/mol. The van der Waals surface area contributed by atoms with Crippen LogP contribution >= 0.6 is 0 Å². The Morgan fingerprint density at radius 1 is 0.630 bits per heavy atom. The zero-order chi connectivity index (χ0) is 53.5. The summed E-state index contributed by atoms with van der Waals surface area (Å²) in [5.74, 6) is -4.78. The molecular weight excluding hydrogens is 923 g/mol. The number of hydrogen-bond acceptors (Lipinski definition) is 9. The molecule has 15 heteroatoms. The van der Waals surface area contributed by atoms with E-state index in [9.17, 15) is 38.4 Å². The SMILES string of the molecule is C.CC[C@@H](C)C(=O)N[C@H](C(=O)N1CCC[C@H]1CN(CCc1ccccc1)C(=O)[C@@H](C)CC(=O)C(=O)N[C@H](C)C(=O)N(CCc1ccccc1)C[C@@H]1CCCN1C(=O)[C@@H](CC(=O)[C@H](C)NC)C(C)(C)C)C(C)(C)C. The van der Waals surface area contributed by atoms with E-state index < -0.39 is 64.8 Å². The Labute approximate surface area is 437 Å². The van der Waals surface area contributed by atoms with Gasteiger partial charge in [0.05, 0.1) is 6.04 Å². The highest BCUT2D eigenvalue weighted by molar-refractivity contribution is 6.36. The van der Waals surface area contributed by atoms with Gasteiger partial charge in [-0.05, 0) is 87.8 Å². The molecule has 2 aromatic carbocycles. The molecule has 0 bridgehead atoms. The molecule has 0 saturated carbocycles. The zero-order valence-electron chi connectivity index (χ0n) is 45.6. The van der Waals surface area contributed by atoms with E-state index in [1.54, 1.807) is 42.5 Å². The lowest BCUT2D eigenvalue weighted by Gasteiger charge is -2.38. The first-order valence-electron chi connectivity index (χ1n) is 26.5. The number of nitrogens with one attached hydrogen (secondary N) is 3. The van der Waals surface area contributed by atoms with Crippen molar-refractivity contribution in [2.75, 3.05) is 46.3 Å². The topological polar surface area (TPSA) is 186 Å². The van der Waals surface area contributed by atoms with Crippen LogP contribution in [0.5, 0.6) is 0 Å². The fourth-order valence-electron chi connectivity index (χ4n) is 9.71. The third-order valence-electron chi connectivity index (χ3n) is 14.8. The molecule has 0 spiro atoms. The summed E-state index contributed by atoms with van der Waals surface area (Å²) in [6.45, 7) is 22.4. The standard InChI is InChI=1S/C57H87N7O8.CH4/c1-13-38(2)50(67)60-49(57(9,10)11)55(72)64-31-21-27-45(64)36-61(32-28-42-22-16-14-17-23-42)52(69)39(3)34-48(66)51(68)59-41(5)53(70)62(33-29-43-24-18-15-19-25-43)37-44-26-20-30-63(44)54(71)46(56(6,7)8)35-47(65)40(4)58-12;/h14-19,22-25,38-41,44-46,49,58H,13,20-21,26-37H2,1-12H3,(H,59,68)(H,60,67);1H4/t38-,39+,40+,41-,44+,45+,46-,49-;/m1./s1. The Bertz CT molecular complexity index is 2000. The van der Waals surface area contributed by atoms with Crippen LogP contribution in [0.3, 0.4) is 0 Å². The van der Waals surface area contributed by atoms with E-state index in [1.807, 2.05) is 121 Å². The summed E-state index contributed by atoms with van der Waals surface area (Å²) in [6.07, 6.45) is 4.18. The highest BCUT2D eigenvalue weighted by Crippen LogP contribution is 2.34. The van der Waals surface area contributed by atoms with Crippen molar-refractivity contribution < 1.29 is 38.4 Å². The molecule has 0 unspecified atom stereocenters. The molecule has 3 N–H and O–H groups in total. The van der Waals surface area contributed by atoms with Crippen LogP contribution in [0.1, 0.15) is 140 Å². The number of benzene rings is 2. The fourth-order valence-corrected chi connectivity index (χ4v) is 9.71. The van der Waals surface area contributed by atoms with Gasteiger partial charge in [-0.3, -0.25) is 38.4 Å². The normalized spacial score (nSPS) is 18.3. The van der Waals surface area contributed by atoms with E-state index in [0.29, 0.717) is 58.3 Å². The van der Waals surface area contributed by atoms with E-state index in [2.05, 4.69) is 16.0 Å². The monoisotopic (exact) mass is 1010 g/mol. The number of nitrogens with zero attached hydrogens (tertiary/aromatic N) is 4. The van der Waals surface area contributed by atoms with Crippen molar-refractivity contribution in [2.24, 2.45) is 28.6 Å². The first-order valence-corrected chi connectivity index (χ1v) is 26.5. The van der Waals surface area contributed by atoms with Gasteiger partial charge < -0.3 is 35.6 Å². The molecule has 8 atom stereocenters. The number of amides is 6. The number of rotatable bonds is 25. The molecule has 2 heterocycles. The Morgan fingerprint density at radius 3 is 1.56 bits per heavy atom. The Morgan fingerprint density at radius 2 is 1.11 bits per heavy atom. The maximum Gasteiger partial charge on any atom is 0.288 e. The molecular formula is C58H91N7O8. The number of Topliss-reactive ketones (excluding diaryl/α,β-unsaturated/α-hetero) is 2. The number of ketones is 2. The van der Waals surface area contributed by atoms with Gasteiger partial charge in [0.1, 0.15) is 17.9 Å². The predicted molar refractivity (Wildman–Crippen MR) is 288 cm³/mol. The molecule has 406 valence electrons. The van der Waals surface area contributed by atoms with Crippen molar-refractivity contribution in [3.8, 4) is 0 Å². The van der Waals surface area contributed by atoms with E-state index in [4.69, 9.17) is 0 Å². The molecule has 2 aromatic rings. The van der Waals surface area contributed by atoms with Crippen LogP contribution in [-0.4, -0.2) is 143 Å². The van der Waals surface area contributed by atoms with Crippen molar-refractivity contribution in [1.82, 2.24) is 35.6 Å². The number of likely N-dealkylation sites (tertiary alicyclic amines) is 2. The van der Waals surface area contributed by atoms with Gasteiger partial charge in [-0.1, -0.05) is 130 Å². The number of likely N-dealkylation sites (N-methyl/N-ethyl adjacent to an activating group) is 1. The van der Waals surface area contributed by atoms with Gasteiger partial charge in [-0.15, -0.1) is 0 Å². The number of carbonyl (C=O) groups is 8. The van der Waals surface area contributed by atoms with Gasteiger partial charge in [0.25, 0.3) is 5.91 Å². The highest BCUT2D eigenvalue weighted by atomic mass is 16.2. The lowest BCUT2D eigenvalue weighted by molar-refractivity contribution is -0.145. The Balaban J connectivity index is 0.0000141. The summed E-state index contributed by atoms with van der Waals surface area (Å²) in [4.78, 5) is 118. The van der Waals surface area contributed by atoms with E-state index in [-0.39, 0.29) is 74.4 Å². The molecule has 0 radical (unpaired) electrons. The first kappa shape index (κ1) is 61.9. The summed E-state index contributed by atoms with van der Waals surface area (Å²) in [5, 5.41) is 8.64. The lowest BCUT2D eigenvalue weighted by Crippen LogP contribution is -2.58. The van der Waals surface area contributed by atoms with Crippen LogP contribution in [0.2, 0.25) is 0 Å². The number of carbonyl (C=O) groups excluding carboxylic acids is 8. The molecule has 15 nitrogen and oxygen atoms in total. The maximum atomic E-state index is 14.4. The summed E-state index contributed by atoms with van der Waals surface area (Å²) < 4.78 is 0. The smallest absolute Gasteiger partial charge is 0.288 e. The van der Waals surface area contributed by atoms with Crippen molar-refractivity contribution in [3.63, 3.8) is 0 Å². The molecule has 2 saturated heterocycles. The second-order valence-electron chi connectivity index (χ2n) is 22.6. The van der Waals surface area contributed by atoms with Crippen molar-refractivity contribution in [1.29, 1.82) is 0 Å². The molecule has 0 aromatic heterocycles. The highest BCUT2D eigenvalue weighted by Gasteiger charge is 2.43. The molecule has 0 aliphatic carbocycles. The zero-order valence-corrected chi connectivity index (χ0v) is 45.6. The van der Waals surface area contributed by atoms with Gasteiger partial charge in [0.2, 0.25) is 35.3 Å². The molecule has 2 aliphatic rings. The predicted octanol–water partition coefficient (Wildman–Crippen LogP) is 6.65. The Kier molecular flexibility index (Phi) is 24.0. The number of hydrogen-bond donors (Lipinski definition) is 3. The lowest BCUT2D eigenvalue weighted by atomic mass is 9.76. The fraction of sp³-hybridized carbons (Fsp3) is 0.655. The summed E-state index contributed by atoms with van der Waals surface area (Å²) in [5.41, 5.74) is 0.958. The summed E-state index contributed by atoms with van der Waals surface area (Å²) in [6, 6.07) is 16.6. The van der Waals surface area contributed by atoms with Gasteiger partial charge in [-0.2, -0.15) is 0 Å². The van der Waals surface area contributed by atoms with Crippen LogP contribution in [-0.2, 0) is 51.2 Å². The van der Waals surface area contributed by atoms with Gasteiger partial charge >= 0.3 is 0 Å². The van der Waals surface area contributed by atoms with E-state index >= 15 is 0 Å². The minimum atomic E-state index is -1.10. The maximum absolute atomic E-state index is 14.4.